The first kappa shape index (κ1) is 15.3. The lowest BCUT2D eigenvalue weighted by Gasteiger charge is -2.42. The second-order valence-corrected chi connectivity index (χ2v) is 6.83. The molecule has 1 aliphatic carbocycles. The molecule has 2 aliphatic rings. The molecule has 0 aromatic rings. The number of nitrogens with zero attached hydrogens (tertiary/aromatic N) is 1. The fraction of sp³-hybridized carbons (Fsp3) is 0.933. The van der Waals surface area contributed by atoms with Crippen LogP contribution >= 0.6 is 15.9 Å². The van der Waals surface area contributed by atoms with Crippen molar-refractivity contribution in [2.75, 3.05) is 32.1 Å². The monoisotopic (exact) mass is 331 g/mol. The third-order valence-electron chi connectivity index (χ3n) is 4.88. The molecule has 3 nitrogen and oxygen atoms in total. The van der Waals surface area contributed by atoms with Gasteiger partial charge in [0.25, 0.3) is 0 Å². The number of hydrogen-bond acceptors (Lipinski definition) is 3. The van der Waals surface area contributed by atoms with Gasteiger partial charge in [0.2, 0.25) is 0 Å². The number of piperidine rings is 1. The Morgan fingerprint density at radius 1 is 1.26 bits per heavy atom. The first-order valence-electron chi connectivity index (χ1n) is 7.55. The number of carbonyl (C=O) groups excluding carboxylic acids is 1. The molecule has 0 aromatic heterocycles. The maximum atomic E-state index is 11.5. The standard InChI is InChI=1S/C15H26BrNO2/c1-19-14(18)13-5-9-17(10-6-13)12-15(11-16)7-3-2-4-8-15/h13H,2-12H2,1H3. The van der Waals surface area contributed by atoms with Gasteiger partial charge < -0.3 is 9.64 Å². The first-order chi connectivity index (χ1) is 9.19. The molecule has 110 valence electrons. The van der Waals surface area contributed by atoms with Crippen molar-refractivity contribution in [2.45, 2.75) is 44.9 Å². The van der Waals surface area contributed by atoms with Gasteiger partial charge in [-0.15, -0.1) is 0 Å². The summed E-state index contributed by atoms with van der Waals surface area (Å²) in [4.78, 5) is 14.1. The molecule has 0 bridgehead atoms. The van der Waals surface area contributed by atoms with Crippen LogP contribution in [0.5, 0.6) is 0 Å². The predicted octanol–water partition coefficient (Wildman–Crippen LogP) is 3.22. The Morgan fingerprint density at radius 3 is 2.42 bits per heavy atom. The molecule has 2 rings (SSSR count). The number of methoxy groups -OCH3 is 1. The molecule has 0 N–H and O–H groups in total. The maximum Gasteiger partial charge on any atom is 0.308 e. The van der Waals surface area contributed by atoms with E-state index in [1.807, 2.05) is 0 Å². The van der Waals surface area contributed by atoms with Gasteiger partial charge >= 0.3 is 5.97 Å². The van der Waals surface area contributed by atoms with Crippen LogP contribution in [-0.4, -0.2) is 42.9 Å². The van der Waals surface area contributed by atoms with E-state index in [1.165, 1.54) is 45.8 Å². The Morgan fingerprint density at radius 2 is 1.89 bits per heavy atom. The van der Waals surface area contributed by atoms with Crippen molar-refractivity contribution in [2.24, 2.45) is 11.3 Å². The summed E-state index contributed by atoms with van der Waals surface area (Å²) in [5.41, 5.74) is 0.482. The zero-order chi connectivity index (χ0) is 13.7. The van der Waals surface area contributed by atoms with Crippen LogP contribution in [0, 0.1) is 11.3 Å². The third-order valence-corrected chi connectivity index (χ3v) is 6.07. The van der Waals surface area contributed by atoms with Crippen molar-refractivity contribution in [3.8, 4) is 0 Å². The molecule has 0 radical (unpaired) electrons. The molecule has 2 fully saturated rings. The summed E-state index contributed by atoms with van der Waals surface area (Å²) in [5.74, 6) is 0.111. The summed E-state index contributed by atoms with van der Waals surface area (Å²) in [6.45, 7) is 3.30. The second kappa shape index (κ2) is 7.07. The van der Waals surface area contributed by atoms with Gasteiger partial charge in [0.1, 0.15) is 0 Å². The Labute approximate surface area is 125 Å². The molecule has 0 unspecified atom stereocenters. The van der Waals surface area contributed by atoms with Crippen molar-refractivity contribution in [3.05, 3.63) is 0 Å². The summed E-state index contributed by atoms with van der Waals surface area (Å²) >= 11 is 3.74. The molecular formula is C15H26BrNO2. The van der Waals surface area contributed by atoms with E-state index in [0.29, 0.717) is 5.41 Å². The second-order valence-electron chi connectivity index (χ2n) is 6.27. The molecule has 1 aliphatic heterocycles. The first-order valence-corrected chi connectivity index (χ1v) is 8.67. The highest BCUT2D eigenvalue weighted by Crippen LogP contribution is 2.39. The van der Waals surface area contributed by atoms with Gasteiger partial charge in [-0.1, -0.05) is 35.2 Å². The van der Waals surface area contributed by atoms with E-state index in [9.17, 15) is 4.79 Å². The van der Waals surface area contributed by atoms with Crippen LogP contribution in [0.1, 0.15) is 44.9 Å². The number of alkyl halides is 1. The highest BCUT2D eigenvalue weighted by atomic mass is 79.9. The number of carbonyl (C=O) groups is 1. The smallest absolute Gasteiger partial charge is 0.308 e. The zero-order valence-corrected chi connectivity index (χ0v) is 13.6. The van der Waals surface area contributed by atoms with Gasteiger partial charge in [-0.25, -0.2) is 0 Å². The molecular weight excluding hydrogens is 306 g/mol. The number of likely N-dealkylation sites (tertiary alicyclic amines) is 1. The van der Waals surface area contributed by atoms with E-state index in [2.05, 4.69) is 20.8 Å². The van der Waals surface area contributed by atoms with Gasteiger partial charge in [0.15, 0.2) is 0 Å². The van der Waals surface area contributed by atoms with Crippen LogP contribution in [0.2, 0.25) is 0 Å². The largest absolute Gasteiger partial charge is 0.469 e. The van der Waals surface area contributed by atoms with E-state index in [4.69, 9.17) is 4.74 Å². The molecule has 1 saturated heterocycles. The van der Waals surface area contributed by atoms with Crippen molar-refractivity contribution >= 4 is 21.9 Å². The van der Waals surface area contributed by atoms with Crippen molar-refractivity contribution in [3.63, 3.8) is 0 Å². The Bertz CT molecular complexity index is 295. The molecule has 0 aromatic carbocycles. The molecule has 0 spiro atoms. The molecule has 0 amide bonds. The summed E-state index contributed by atoms with van der Waals surface area (Å²) < 4.78 is 4.85. The lowest BCUT2D eigenvalue weighted by atomic mass is 9.75. The lowest BCUT2D eigenvalue weighted by Crippen LogP contribution is -2.45. The molecule has 0 atom stereocenters. The summed E-state index contributed by atoms with van der Waals surface area (Å²) in [7, 11) is 1.50. The van der Waals surface area contributed by atoms with Crippen molar-refractivity contribution < 1.29 is 9.53 Å². The van der Waals surface area contributed by atoms with E-state index < -0.39 is 0 Å². The van der Waals surface area contributed by atoms with E-state index in [0.717, 1.165) is 31.3 Å². The quantitative estimate of drug-likeness (QED) is 0.585. The summed E-state index contributed by atoms with van der Waals surface area (Å²) in [5, 5.41) is 1.12. The van der Waals surface area contributed by atoms with Crippen LogP contribution in [0.25, 0.3) is 0 Å². The Balaban J connectivity index is 1.82. The normalized spacial score (nSPS) is 25.2. The number of esters is 1. The topological polar surface area (TPSA) is 29.5 Å². The van der Waals surface area contributed by atoms with E-state index in [-0.39, 0.29) is 11.9 Å². The van der Waals surface area contributed by atoms with Crippen LogP contribution in [0.3, 0.4) is 0 Å². The third kappa shape index (κ3) is 3.94. The molecule has 4 heteroatoms. The summed E-state index contributed by atoms with van der Waals surface area (Å²) in [6, 6.07) is 0. The molecule has 19 heavy (non-hydrogen) atoms. The number of ether oxygens (including phenoxy) is 1. The number of hydrogen-bond donors (Lipinski definition) is 0. The van der Waals surface area contributed by atoms with E-state index in [1.54, 1.807) is 0 Å². The van der Waals surface area contributed by atoms with Gasteiger partial charge in [-0.05, 0) is 44.2 Å². The van der Waals surface area contributed by atoms with Gasteiger partial charge in [0, 0.05) is 11.9 Å². The van der Waals surface area contributed by atoms with Gasteiger partial charge in [0.05, 0.1) is 13.0 Å². The highest BCUT2D eigenvalue weighted by Gasteiger charge is 2.35. The number of halogens is 1. The fourth-order valence-corrected chi connectivity index (χ4v) is 4.34. The van der Waals surface area contributed by atoms with Gasteiger partial charge in [-0.3, -0.25) is 4.79 Å². The predicted molar refractivity (Wildman–Crippen MR) is 80.5 cm³/mol. The van der Waals surface area contributed by atoms with Crippen LogP contribution < -0.4 is 0 Å². The van der Waals surface area contributed by atoms with Crippen LogP contribution in [0.15, 0.2) is 0 Å². The summed E-state index contributed by atoms with van der Waals surface area (Å²) in [6.07, 6.45) is 8.80. The minimum atomic E-state index is -0.0208. The Hall–Kier alpha value is -0.0900. The zero-order valence-electron chi connectivity index (χ0n) is 12.0. The average molecular weight is 332 g/mol. The number of rotatable bonds is 4. The maximum absolute atomic E-state index is 11.5. The lowest BCUT2D eigenvalue weighted by molar-refractivity contribution is -0.147. The minimum Gasteiger partial charge on any atom is -0.469 e. The molecule has 1 saturated carbocycles. The van der Waals surface area contributed by atoms with Gasteiger partial charge in [-0.2, -0.15) is 0 Å². The SMILES string of the molecule is COC(=O)C1CCN(CC2(CBr)CCCCC2)CC1. The molecule has 1 heterocycles. The Kier molecular flexibility index (Phi) is 5.70. The van der Waals surface area contributed by atoms with Crippen LogP contribution in [-0.2, 0) is 9.53 Å². The minimum absolute atomic E-state index is 0.0208. The van der Waals surface area contributed by atoms with Crippen molar-refractivity contribution in [1.29, 1.82) is 0 Å². The van der Waals surface area contributed by atoms with Crippen LogP contribution in [0.4, 0.5) is 0 Å². The average Bonchev–Trinajstić information content (AvgIpc) is 2.48. The fourth-order valence-electron chi connectivity index (χ4n) is 3.60. The van der Waals surface area contributed by atoms with E-state index >= 15 is 0 Å². The highest BCUT2D eigenvalue weighted by molar-refractivity contribution is 9.09. The van der Waals surface area contributed by atoms with Crippen molar-refractivity contribution in [1.82, 2.24) is 4.90 Å².